The van der Waals surface area contributed by atoms with E-state index >= 15 is 0 Å². The Hall–Kier alpha value is -2.18. The monoisotopic (exact) mass is 418 g/mol. The minimum atomic E-state index is -0.366. The van der Waals surface area contributed by atoms with Gasteiger partial charge in [-0.25, -0.2) is 4.39 Å². The average molecular weight is 419 g/mol. The van der Waals surface area contributed by atoms with E-state index in [4.69, 9.17) is 4.74 Å². The fourth-order valence-electron chi connectivity index (χ4n) is 2.82. The molecule has 3 rings (SSSR count). The van der Waals surface area contributed by atoms with Crippen LogP contribution in [-0.4, -0.2) is 32.2 Å². The second kappa shape index (κ2) is 8.96. The number of hydrogen-bond acceptors (Lipinski definition) is 3. The zero-order chi connectivity index (χ0) is 18.4. The molecule has 1 amide bonds. The maximum absolute atomic E-state index is 13.7. The Morgan fingerprint density at radius 2 is 2.00 bits per heavy atom. The molecule has 26 heavy (non-hydrogen) atoms. The standard InChI is InChI=1S/C20H20BrFN2O2/c21-17-6-7-18(22)15(13-17)5-8-20(25)23-14-16-3-1-2-4-19(16)24-9-11-26-12-10-24/h1-8,13H,9-12,14H2,(H,23,25). The normalized spacial score (nSPS) is 14.6. The van der Waals surface area contributed by atoms with Gasteiger partial charge in [0.1, 0.15) is 5.82 Å². The summed E-state index contributed by atoms with van der Waals surface area (Å²) >= 11 is 3.30. The quantitative estimate of drug-likeness (QED) is 0.751. The van der Waals surface area contributed by atoms with Crippen LogP contribution in [0.5, 0.6) is 0 Å². The van der Waals surface area contributed by atoms with Crippen molar-refractivity contribution in [1.29, 1.82) is 0 Å². The largest absolute Gasteiger partial charge is 0.378 e. The summed E-state index contributed by atoms with van der Waals surface area (Å²) in [6.45, 7) is 3.51. The summed E-state index contributed by atoms with van der Waals surface area (Å²) in [7, 11) is 0. The fraction of sp³-hybridized carbons (Fsp3) is 0.250. The van der Waals surface area contributed by atoms with Crippen molar-refractivity contribution in [3.8, 4) is 0 Å². The molecule has 1 heterocycles. The second-order valence-electron chi connectivity index (χ2n) is 5.95. The van der Waals surface area contributed by atoms with Gasteiger partial charge >= 0.3 is 0 Å². The van der Waals surface area contributed by atoms with Crippen molar-refractivity contribution in [2.75, 3.05) is 31.2 Å². The number of carbonyl (C=O) groups is 1. The predicted molar refractivity (Wildman–Crippen MR) is 104 cm³/mol. The predicted octanol–water partition coefficient (Wildman–Crippen LogP) is 3.75. The van der Waals surface area contributed by atoms with Gasteiger partial charge in [0.25, 0.3) is 0 Å². The summed E-state index contributed by atoms with van der Waals surface area (Å²) in [6, 6.07) is 12.6. The van der Waals surface area contributed by atoms with Crippen LogP contribution in [0.25, 0.3) is 6.08 Å². The lowest BCUT2D eigenvalue weighted by molar-refractivity contribution is -0.116. The number of nitrogens with one attached hydrogen (secondary N) is 1. The minimum absolute atomic E-state index is 0.263. The molecule has 1 aliphatic heterocycles. The van der Waals surface area contributed by atoms with Gasteiger partial charge in [-0.15, -0.1) is 0 Å². The minimum Gasteiger partial charge on any atom is -0.378 e. The molecule has 0 unspecified atom stereocenters. The number of rotatable bonds is 5. The lowest BCUT2D eigenvalue weighted by atomic mass is 10.1. The molecule has 136 valence electrons. The first kappa shape index (κ1) is 18.6. The highest BCUT2D eigenvalue weighted by atomic mass is 79.9. The molecule has 0 aromatic heterocycles. The Balaban J connectivity index is 1.63. The number of carbonyl (C=O) groups excluding carboxylic acids is 1. The molecule has 2 aromatic rings. The molecule has 0 atom stereocenters. The molecule has 1 saturated heterocycles. The number of para-hydroxylation sites is 1. The Morgan fingerprint density at radius 1 is 1.23 bits per heavy atom. The highest BCUT2D eigenvalue weighted by Gasteiger charge is 2.14. The first-order valence-corrected chi connectivity index (χ1v) is 9.24. The van der Waals surface area contributed by atoms with E-state index in [9.17, 15) is 9.18 Å². The van der Waals surface area contributed by atoms with Crippen LogP contribution in [0.4, 0.5) is 10.1 Å². The maximum Gasteiger partial charge on any atom is 0.244 e. The Kier molecular flexibility index (Phi) is 6.41. The lowest BCUT2D eigenvalue weighted by Crippen LogP contribution is -2.37. The second-order valence-corrected chi connectivity index (χ2v) is 6.86. The number of hydrogen-bond donors (Lipinski definition) is 1. The van der Waals surface area contributed by atoms with E-state index in [1.165, 1.54) is 18.2 Å². The number of halogens is 2. The summed E-state index contributed by atoms with van der Waals surface area (Å²) < 4.78 is 19.9. The molecule has 2 aromatic carbocycles. The van der Waals surface area contributed by atoms with E-state index in [1.54, 1.807) is 12.1 Å². The van der Waals surface area contributed by atoms with Gasteiger partial charge in [-0.05, 0) is 35.9 Å². The summed E-state index contributed by atoms with van der Waals surface area (Å²) in [5.74, 6) is -0.629. The van der Waals surface area contributed by atoms with Gasteiger partial charge < -0.3 is 15.0 Å². The van der Waals surface area contributed by atoms with Crippen molar-refractivity contribution >= 4 is 33.6 Å². The molecule has 0 spiro atoms. The molecule has 0 aliphatic carbocycles. The van der Waals surface area contributed by atoms with Crippen LogP contribution < -0.4 is 10.2 Å². The summed E-state index contributed by atoms with van der Waals surface area (Å²) in [5.41, 5.74) is 2.52. The van der Waals surface area contributed by atoms with Crippen LogP contribution >= 0.6 is 15.9 Å². The summed E-state index contributed by atoms with van der Waals surface area (Å²) in [5, 5.41) is 2.86. The van der Waals surface area contributed by atoms with E-state index in [1.807, 2.05) is 18.2 Å². The van der Waals surface area contributed by atoms with Gasteiger partial charge in [0.05, 0.1) is 13.2 Å². The van der Waals surface area contributed by atoms with E-state index in [0.29, 0.717) is 25.3 Å². The number of amides is 1. The molecule has 0 bridgehead atoms. The fourth-order valence-corrected chi connectivity index (χ4v) is 3.20. The van der Waals surface area contributed by atoms with Gasteiger partial charge in [0.15, 0.2) is 0 Å². The lowest BCUT2D eigenvalue weighted by Gasteiger charge is -2.30. The highest BCUT2D eigenvalue weighted by molar-refractivity contribution is 9.10. The SMILES string of the molecule is O=C(C=Cc1cc(Br)ccc1F)NCc1ccccc1N1CCOCC1. The summed E-state index contributed by atoms with van der Waals surface area (Å²) in [4.78, 5) is 14.4. The Labute approximate surface area is 160 Å². The van der Waals surface area contributed by atoms with E-state index < -0.39 is 0 Å². The molecular formula is C20H20BrFN2O2. The Morgan fingerprint density at radius 3 is 2.81 bits per heavy atom. The van der Waals surface area contributed by atoms with E-state index in [2.05, 4.69) is 32.2 Å². The molecule has 1 fully saturated rings. The average Bonchev–Trinajstić information content (AvgIpc) is 2.68. The van der Waals surface area contributed by atoms with Crippen LogP contribution in [0.15, 0.2) is 53.0 Å². The van der Waals surface area contributed by atoms with Gasteiger partial charge in [0.2, 0.25) is 5.91 Å². The number of ether oxygens (including phenoxy) is 1. The van der Waals surface area contributed by atoms with E-state index in [0.717, 1.165) is 28.8 Å². The molecule has 6 heteroatoms. The maximum atomic E-state index is 13.7. The first-order valence-electron chi connectivity index (χ1n) is 8.45. The molecule has 0 radical (unpaired) electrons. The van der Waals surface area contributed by atoms with Crippen LogP contribution in [0, 0.1) is 5.82 Å². The van der Waals surface area contributed by atoms with Gasteiger partial charge in [0, 0.05) is 41.4 Å². The number of benzene rings is 2. The zero-order valence-corrected chi connectivity index (χ0v) is 15.8. The van der Waals surface area contributed by atoms with Gasteiger partial charge in [-0.3, -0.25) is 4.79 Å². The van der Waals surface area contributed by atoms with Crippen molar-refractivity contribution in [3.05, 3.63) is 70.0 Å². The molecule has 1 N–H and O–H groups in total. The van der Waals surface area contributed by atoms with Crippen molar-refractivity contribution in [3.63, 3.8) is 0 Å². The topological polar surface area (TPSA) is 41.6 Å². The van der Waals surface area contributed by atoms with Crippen molar-refractivity contribution < 1.29 is 13.9 Å². The highest BCUT2D eigenvalue weighted by Crippen LogP contribution is 2.21. The van der Waals surface area contributed by atoms with Crippen LogP contribution in [-0.2, 0) is 16.1 Å². The molecular weight excluding hydrogens is 399 g/mol. The summed E-state index contributed by atoms with van der Waals surface area (Å²) in [6.07, 6.45) is 2.82. The van der Waals surface area contributed by atoms with Crippen LogP contribution in [0.2, 0.25) is 0 Å². The third-order valence-electron chi connectivity index (χ3n) is 4.17. The van der Waals surface area contributed by atoms with Crippen molar-refractivity contribution in [1.82, 2.24) is 5.32 Å². The third kappa shape index (κ3) is 4.93. The molecule has 1 aliphatic rings. The van der Waals surface area contributed by atoms with Crippen molar-refractivity contribution in [2.24, 2.45) is 0 Å². The van der Waals surface area contributed by atoms with Gasteiger partial charge in [-0.2, -0.15) is 0 Å². The number of anilines is 1. The van der Waals surface area contributed by atoms with Crippen LogP contribution in [0.1, 0.15) is 11.1 Å². The third-order valence-corrected chi connectivity index (χ3v) is 4.66. The van der Waals surface area contributed by atoms with Gasteiger partial charge in [-0.1, -0.05) is 34.1 Å². The zero-order valence-electron chi connectivity index (χ0n) is 14.3. The number of nitrogens with zero attached hydrogens (tertiary/aromatic N) is 1. The van der Waals surface area contributed by atoms with Crippen molar-refractivity contribution in [2.45, 2.75) is 6.54 Å². The van der Waals surface area contributed by atoms with Crippen LogP contribution in [0.3, 0.4) is 0 Å². The molecule has 4 nitrogen and oxygen atoms in total. The number of morpholine rings is 1. The smallest absolute Gasteiger partial charge is 0.244 e. The van der Waals surface area contributed by atoms with E-state index in [-0.39, 0.29) is 11.7 Å². The molecule has 0 saturated carbocycles. The Bertz CT molecular complexity index is 804. The first-order chi connectivity index (χ1) is 12.6.